The maximum atomic E-state index is 10.7. The van der Waals surface area contributed by atoms with Crippen LogP contribution < -0.4 is 5.32 Å². The predicted octanol–water partition coefficient (Wildman–Crippen LogP) is 2.45. The molecular weight excluding hydrogens is 230 g/mol. The fourth-order valence-electron chi connectivity index (χ4n) is 1.67. The van der Waals surface area contributed by atoms with Crippen LogP contribution in [0, 0.1) is 10.1 Å². The molecule has 2 aromatic rings. The monoisotopic (exact) mass is 239 g/mol. The molecule has 2 rings (SSSR count). The van der Waals surface area contributed by atoms with E-state index in [4.69, 9.17) is 11.6 Å². The van der Waals surface area contributed by atoms with Crippen molar-refractivity contribution in [2.24, 2.45) is 0 Å². The van der Waals surface area contributed by atoms with E-state index in [2.05, 4.69) is 10.3 Å². The number of nitro benzene ring substituents is 1. The first-order valence-corrected chi connectivity index (χ1v) is 5.10. The largest absolute Gasteiger partial charge is 0.345 e. The molecule has 2 N–H and O–H groups in total. The molecule has 0 spiro atoms. The number of aromatic amines is 1. The minimum Gasteiger partial charge on any atom is -0.345 e. The molecule has 0 aliphatic heterocycles. The van der Waals surface area contributed by atoms with Gasteiger partial charge < -0.3 is 10.3 Å². The summed E-state index contributed by atoms with van der Waals surface area (Å²) in [6.07, 6.45) is 0. The molecule has 0 aliphatic rings. The van der Waals surface area contributed by atoms with Crippen LogP contribution in [0.15, 0.2) is 18.2 Å². The summed E-state index contributed by atoms with van der Waals surface area (Å²) in [5.74, 6) is 0. The third-order valence-electron chi connectivity index (χ3n) is 2.40. The second kappa shape index (κ2) is 4.11. The van der Waals surface area contributed by atoms with E-state index in [-0.39, 0.29) is 5.69 Å². The maximum Gasteiger partial charge on any atom is 0.270 e. The first-order chi connectivity index (χ1) is 7.63. The van der Waals surface area contributed by atoms with Crippen LogP contribution in [0.2, 0.25) is 5.15 Å². The van der Waals surface area contributed by atoms with E-state index in [9.17, 15) is 10.1 Å². The van der Waals surface area contributed by atoms with Crippen molar-refractivity contribution in [2.75, 3.05) is 7.05 Å². The zero-order valence-electron chi connectivity index (χ0n) is 8.58. The molecular formula is C10H10ClN3O2. The van der Waals surface area contributed by atoms with Gasteiger partial charge in [-0.05, 0) is 13.1 Å². The average molecular weight is 240 g/mol. The van der Waals surface area contributed by atoms with Gasteiger partial charge in [-0.15, -0.1) is 0 Å². The van der Waals surface area contributed by atoms with Gasteiger partial charge in [-0.1, -0.05) is 11.6 Å². The van der Waals surface area contributed by atoms with Crippen molar-refractivity contribution < 1.29 is 4.92 Å². The third-order valence-corrected chi connectivity index (χ3v) is 2.72. The zero-order valence-corrected chi connectivity index (χ0v) is 9.34. The van der Waals surface area contributed by atoms with Gasteiger partial charge in [0.1, 0.15) is 5.15 Å². The topological polar surface area (TPSA) is 71.0 Å². The molecule has 84 valence electrons. The second-order valence-electron chi connectivity index (χ2n) is 3.43. The number of H-pyrrole nitrogens is 1. The summed E-state index contributed by atoms with van der Waals surface area (Å²) >= 11 is 6.01. The lowest BCUT2D eigenvalue weighted by Crippen LogP contribution is -2.04. The maximum absolute atomic E-state index is 10.7. The highest BCUT2D eigenvalue weighted by molar-refractivity contribution is 6.31. The molecule has 6 heteroatoms. The fraction of sp³-hybridized carbons (Fsp3) is 0.200. The molecule has 0 saturated heterocycles. The highest BCUT2D eigenvalue weighted by atomic mass is 35.5. The first kappa shape index (κ1) is 10.9. The second-order valence-corrected chi connectivity index (χ2v) is 3.81. The minimum absolute atomic E-state index is 0.0699. The Morgan fingerprint density at radius 1 is 1.56 bits per heavy atom. The van der Waals surface area contributed by atoms with Crippen LogP contribution in [0.3, 0.4) is 0 Å². The van der Waals surface area contributed by atoms with Gasteiger partial charge in [-0.3, -0.25) is 10.1 Å². The SMILES string of the molecule is CNCc1c(Cl)[nH]c2ccc([N+](=O)[O-])cc12. The predicted molar refractivity (Wildman–Crippen MR) is 62.7 cm³/mol. The first-order valence-electron chi connectivity index (χ1n) is 4.72. The van der Waals surface area contributed by atoms with Crippen molar-refractivity contribution >= 4 is 28.2 Å². The van der Waals surface area contributed by atoms with Crippen molar-refractivity contribution in [3.8, 4) is 0 Å². The number of nitrogens with zero attached hydrogens (tertiary/aromatic N) is 1. The zero-order chi connectivity index (χ0) is 11.7. The number of hydrogen-bond acceptors (Lipinski definition) is 3. The lowest BCUT2D eigenvalue weighted by atomic mass is 10.1. The van der Waals surface area contributed by atoms with Crippen LogP contribution in [0.1, 0.15) is 5.56 Å². The van der Waals surface area contributed by atoms with Gasteiger partial charge in [-0.25, -0.2) is 0 Å². The molecule has 1 aromatic carbocycles. The van der Waals surface area contributed by atoms with Crippen LogP contribution in [-0.2, 0) is 6.54 Å². The molecule has 1 heterocycles. The number of rotatable bonds is 3. The number of nitrogens with one attached hydrogen (secondary N) is 2. The van der Waals surface area contributed by atoms with E-state index >= 15 is 0 Å². The molecule has 0 aliphatic carbocycles. The van der Waals surface area contributed by atoms with Gasteiger partial charge in [0.15, 0.2) is 0 Å². The fourth-order valence-corrected chi connectivity index (χ4v) is 1.94. The number of hydrogen-bond donors (Lipinski definition) is 2. The number of benzene rings is 1. The average Bonchev–Trinajstić information content (AvgIpc) is 2.55. The number of nitro groups is 1. The van der Waals surface area contributed by atoms with Gasteiger partial charge in [0.2, 0.25) is 0 Å². The highest BCUT2D eigenvalue weighted by Gasteiger charge is 2.13. The Balaban J connectivity index is 2.64. The number of halogens is 1. The Morgan fingerprint density at radius 2 is 2.31 bits per heavy atom. The van der Waals surface area contributed by atoms with Crippen molar-refractivity contribution in [2.45, 2.75) is 6.54 Å². The van der Waals surface area contributed by atoms with E-state index in [1.54, 1.807) is 13.1 Å². The third kappa shape index (κ3) is 1.75. The normalized spacial score (nSPS) is 10.9. The number of aromatic nitrogens is 1. The van der Waals surface area contributed by atoms with Crippen molar-refractivity contribution in [3.63, 3.8) is 0 Å². The Kier molecular flexibility index (Phi) is 2.80. The molecule has 0 bridgehead atoms. The lowest BCUT2D eigenvalue weighted by molar-refractivity contribution is -0.384. The van der Waals surface area contributed by atoms with E-state index in [1.165, 1.54) is 12.1 Å². The van der Waals surface area contributed by atoms with Crippen LogP contribution >= 0.6 is 11.6 Å². The molecule has 0 atom stereocenters. The molecule has 0 amide bonds. The summed E-state index contributed by atoms with van der Waals surface area (Å²) in [6.45, 7) is 0.569. The molecule has 0 unspecified atom stereocenters. The standard InChI is InChI=1S/C10H10ClN3O2/c1-12-5-8-7-4-6(14(15)16)2-3-9(7)13-10(8)11/h2-4,12-13H,5H2,1H3. The smallest absolute Gasteiger partial charge is 0.270 e. The van der Waals surface area contributed by atoms with Crippen LogP contribution in [0.25, 0.3) is 10.9 Å². The minimum atomic E-state index is -0.413. The van der Waals surface area contributed by atoms with Crippen molar-refractivity contribution in [1.29, 1.82) is 0 Å². The van der Waals surface area contributed by atoms with Crippen molar-refractivity contribution in [3.05, 3.63) is 39.0 Å². The highest BCUT2D eigenvalue weighted by Crippen LogP contribution is 2.29. The van der Waals surface area contributed by atoms with Gasteiger partial charge >= 0.3 is 0 Å². The van der Waals surface area contributed by atoms with E-state index in [0.29, 0.717) is 11.7 Å². The van der Waals surface area contributed by atoms with E-state index < -0.39 is 4.92 Å². The summed E-state index contributed by atoms with van der Waals surface area (Å²) in [5, 5.41) is 14.9. The van der Waals surface area contributed by atoms with E-state index in [0.717, 1.165) is 16.5 Å². The number of fused-ring (bicyclic) bond motifs is 1. The summed E-state index contributed by atoms with van der Waals surface area (Å²) < 4.78 is 0. The molecule has 0 fully saturated rings. The number of non-ortho nitro benzene ring substituents is 1. The summed E-state index contributed by atoms with van der Waals surface area (Å²) in [6, 6.07) is 4.65. The van der Waals surface area contributed by atoms with Gasteiger partial charge in [0.25, 0.3) is 5.69 Å². The van der Waals surface area contributed by atoms with E-state index in [1.807, 2.05) is 0 Å². The lowest BCUT2D eigenvalue weighted by Gasteiger charge is -1.98. The van der Waals surface area contributed by atoms with Gasteiger partial charge in [-0.2, -0.15) is 0 Å². The Labute approximate surface area is 96.6 Å². The molecule has 0 saturated carbocycles. The Bertz CT molecular complexity index is 550. The molecule has 16 heavy (non-hydrogen) atoms. The van der Waals surface area contributed by atoms with Crippen LogP contribution in [0.5, 0.6) is 0 Å². The summed E-state index contributed by atoms with van der Waals surface area (Å²) in [7, 11) is 1.80. The quantitative estimate of drug-likeness (QED) is 0.638. The molecule has 0 radical (unpaired) electrons. The van der Waals surface area contributed by atoms with Gasteiger partial charge in [0, 0.05) is 35.1 Å². The summed E-state index contributed by atoms with van der Waals surface area (Å²) in [5.41, 5.74) is 1.73. The van der Waals surface area contributed by atoms with Gasteiger partial charge in [0.05, 0.1) is 4.92 Å². The Hall–Kier alpha value is -1.59. The summed E-state index contributed by atoms with van der Waals surface area (Å²) in [4.78, 5) is 13.2. The molecule has 5 nitrogen and oxygen atoms in total. The molecule has 1 aromatic heterocycles. The van der Waals surface area contributed by atoms with Crippen LogP contribution in [0.4, 0.5) is 5.69 Å². The van der Waals surface area contributed by atoms with Crippen LogP contribution in [-0.4, -0.2) is 17.0 Å². The Morgan fingerprint density at radius 3 is 2.94 bits per heavy atom. The van der Waals surface area contributed by atoms with Crippen molar-refractivity contribution in [1.82, 2.24) is 10.3 Å².